The van der Waals surface area contributed by atoms with E-state index in [4.69, 9.17) is 0 Å². The van der Waals surface area contributed by atoms with E-state index >= 15 is 0 Å². The Morgan fingerprint density at radius 3 is 2.70 bits per heavy atom. The molecule has 1 atom stereocenters. The van der Waals surface area contributed by atoms with Crippen LogP contribution in [0.25, 0.3) is 0 Å². The Morgan fingerprint density at radius 2 is 1.96 bits per heavy atom. The summed E-state index contributed by atoms with van der Waals surface area (Å²) in [7, 11) is 0. The molecule has 5 heteroatoms. The number of para-hydroxylation sites is 1. The van der Waals surface area contributed by atoms with Crippen molar-refractivity contribution in [3.05, 3.63) is 65.2 Å². The second-order valence-electron chi connectivity index (χ2n) is 5.75. The van der Waals surface area contributed by atoms with Crippen LogP contribution in [0, 0.1) is 18.6 Å². The number of anilines is 1. The topological polar surface area (TPSA) is 32.3 Å². The third-order valence-electron chi connectivity index (χ3n) is 4.12. The summed E-state index contributed by atoms with van der Waals surface area (Å²) in [5, 5.41) is 3.18. The Balaban J connectivity index is 1.65. The van der Waals surface area contributed by atoms with Crippen molar-refractivity contribution in [1.82, 2.24) is 5.32 Å². The van der Waals surface area contributed by atoms with Gasteiger partial charge in [0, 0.05) is 13.1 Å². The van der Waals surface area contributed by atoms with E-state index in [-0.39, 0.29) is 17.8 Å². The van der Waals surface area contributed by atoms with Crippen molar-refractivity contribution >= 4 is 11.6 Å². The fourth-order valence-electron chi connectivity index (χ4n) is 2.84. The molecular formula is C18H18F2N2O. The zero-order chi connectivity index (χ0) is 16.4. The molecule has 0 aromatic heterocycles. The molecule has 1 saturated heterocycles. The number of carbonyl (C=O) groups excluding carboxylic acids is 1. The quantitative estimate of drug-likeness (QED) is 0.940. The maximum atomic E-state index is 13.8. The van der Waals surface area contributed by atoms with Gasteiger partial charge >= 0.3 is 0 Å². The van der Waals surface area contributed by atoms with Crippen molar-refractivity contribution in [2.45, 2.75) is 25.9 Å². The number of hydrogen-bond donors (Lipinski definition) is 1. The Kier molecular flexibility index (Phi) is 4.39. The standard InChI is InChI=1S/C18H18F2N2O/c1-12-10-13(6-7-14(12)19)11-21-16-8-9-22(18(16)23)17-5-3-2-4-15(17)20/h2-7,10,16,21H,8-9,11H2,1H3/t16-/m0/s1. The normalized spacial score (nSPS) is 17.8. The van der Waals surface area contributed by atoms with Crippen LogP contribution in [0.15, 0.2) is 42.5 Å². The van der Waals surface area contributed by atoms with Gasteiger partial charge in [0.2, 0.25) is 5.91 Å². The van der Waals surface area contributed by atoms with E-state index in [2.05, 4.69) is 5.32 Å². The van der Waals surface area contributed by atoms with E-state index in [1.165, 1.54) is 17.0 Å². The van der Waals surface area contributed by atoms with E-state index < -0.39 is 5.82 Å². The fourth-order valence-corrected chi connectivity index (χ4v) is 2.84. The lowest BCUT2D eigenvalue weighted by molar-refractivity contribution is -0.118. The van der Waals surface area contributed by atoms with E-state index in [1.54, 1.807) is 37.3 Å². The first kappa shape index (κ1) is 15.6. The zero-order valence-electron chi connectivity index (χ0n) is 12.9. The van der Waals surface area contributed by atoms with Gasteiger partial charge in [-0.2, -0.15) is 0 Å². The van der Waals surface area contributed by atoms with Gasteiger partial charge in [0.1, 0.15) is 11.6 Å². The van der Waals surface area contributed by atoms with Crippen molar-refractivity contribution in [3.63, 3.8) is 0 Å². The predicted octanol–water partition coefficient (Wildman–Crippen LogP) is 3.17. The van der Waals surface area contributed by atoms with Crippen LogP contribution < -0.4 is 10.2 Å². The Morgan fingerprint density at radius 1 is 1.17 bits per heavy atom. The molecule has 3 nitrogen and oxygen atoms in total. The van der Waals surface area contributed by atoms with Crippen molar-refractivity contribution in [3.8, 4) is 0 Å². The molecule has 120 valence electrons. The van der Waals surface area contributed by atoms with E-state index in [1.807, 2.05) is 0 Å². The monoisotopic (exact) mass is 316 g/mol. The molecule has 0 spiro atoms. The van der Waals surface area contributed by atoms with E-state index in [0.29, 0.717) is 30.8 Å². The predicted molar refractivity (Wildman–Crippen MR) is 85.1 cm³/mol. The number of carbonyl (C=O) groups is 1. The molecule has 1 fully saturated rings. The Labute approximate surface area is 133 Å². The number of aryl methyl sites for hydroxylation is 1. The SMILES string of the molecule is Cc1cc(CN[C@H]2CCN(c3ccccc3F)C2=O)ccc1F. The van der Waals surface area contributed by atoms with Gasteiger partial charge in [-0.25, -0.2) is 8.78 Å². The Bertz CT molecular complexity index is 733. The molecule has 0 bridgehead atoms. The second kappa shape index (κ2) is 6.46. The molecule has 0 saturated carbocycles. The third-order valence-corrected chi connectivity index (χ3v) is 4.12. The van der Waals surface area contributed by atoms with Gasteiger partial charge in [-0.15, -0.1) is 0 Å². The first-order valence-corrected chi connectivity index (χ1v) is 7.60. The molecule has 3 rings (SSSR count). The number of amides is 1. The average Bonchev–Trinajstić information content (AvgIpc) is 2.90. The van der Waals surface area contributed by atoms with Gasteiger partial charge in [-0.3, -0.25) is 4.79 Å². The molecule has 0 radical (unpaired) electrons. The summed E-state index contributed by atoms with van der Waals surface area (Å²) in [6.45, 7) is 2.67. The van der Waals surface area contributed by atoms with Crippen LogP contribution in [-0.2, 0) is 11.3 Å². The number of hydrogen-bond acceptors (Lipinski definition) is 2. The molecule has 0 unspecified atom stereocenters. The second-order valence-corrected chi connectivity index (χ2v) is 5.75. The minimum atomic E-state index is -0.393. The molecule has 1 aliphatic heterocycles. The van der Waals surface area contributed by atoms with E-state index in [9.17, 15) is 13.6 Å². The first-order chi connectivity index (χ1) is 11.1. The molecule has 1 amide bonds. The van der Waals surface area contributed by atoms with Gasteiger partial charge in [0.15, 0.2) is 0 Å². The lowest BCUT2D eigenvalue weighted by atomic mass is 10.1. The lowest BCUT2D eigenvalue weighted by Crippen LogP contribution is -2.38. The van der Waals surface area contributed by atoms with Crippen molar-refractivity contribution in [2.75, 3.05) is 11.4 Å². The largest absolute Gasteiger partial charge is 0.308 e. The number of nitrogens with one attached hydrogen (secondary N) is 1. The summed E-state index contributed by atoms with van der Waals surface area (Å²) >= 11 is 0. The highest BCUT2D eigenvalue weighted by molar-refractivity contribution is 5.99. The fraction of sp³-hybridized carbons (Fsp3) is 0.278. The summed E-state index contributed by atoms with van der Waals surface area (Å²) in [6.07, 6.45) is 0.618. The molecule has 2 aromatic rings. The van der Waals surface area contributed by atoms with Crippen LogP contribution in [0.5, 0.6) is 0 Å². The molecule has 1 N–H and O–H groups in total. The summed E-state index contributed by atoms with van der Waals surface area (Å²) in [5.74, 6) is -0.763. The smallest absolute Gasteiger partial charge is 0.244 e. The maximum Gasteiger partial charge on any atom is 0.244 e. The van der Waals surface area contributed by atoms with Gasteiger partial charge < -0.3 is 10.2 Å². The number of nitrogens with zero attached hydrogens (tertiary/aromatic N) is 1. The van der Waals surface area contributed by atoms with Gasteiger partial charge in [-0.05, 0) is 42.7 Å². The summed E-state index contributed by atoms with van der Waals surface area (Å²) in [4.78, 5) is 13.9. The molecule has 1 aliphatic rings. The molecule has 2 aromatic carbocycles. The minimum Gasteiger partial charge on any atom is -0.308 e. The van der Waals surface area contributed by atoms with Crippen LogP contribution >= 0.6 is 0 Å². The molecule has 1 heterocycles. The highest BCUT2D eigenvalue weighted by atomic mass is 19.1. The van der Waals surface area contributed by atoms with Crippen LogP contribution in [0.4, 0.5) is 14.5 Å². The van der Waals surface area contributed by atoms with Crippen LogP contribution in [0.1, 0.15) is 17.5 Å². The average molecular weight is 316 g/mol. The highest BCUT2D eigenvalue weighted by Gasteiger charge is 2.33. The lowest BCUT2D eigenvalue weighted by Gasteiger charge is -2.18. The van der Waals surface area contributed by atoms with Gasteiger partial charge in [0.05, 0.1) is 11.7 Å². The van der Waals surface area contributed by atoms with Crippen molar-refractivity contribution in [1.29, 1.82) is 0 Å². The van der Waals surface area contributed by atoms with Crippen LogP contribution in [0.3, 0.4) is 0 Å². The molecule has 0 aliphatic carbocycles. The number of rotatable bonds is 4. The van der Waals surface area contributed by atoms with Crippen molar-refractivity contribution < 1.29 is 13.6 Å². The molecule has 23 heavy (non-hydrogen) atoms. The number of benzene rings is 2. The zero-order valence-corrected chi connectivity index (χ0v) is 12.9. The van der Waals surface area contributed by atoms with Crippen LogP contribution in [-0.4, -0.2) is 18.5 Å². The van der Waals surface area contributed by atoms with Gasteiger partial charge in [-0.1, -0.05) is 24.3 Å². The summed E-state index contributed by atoms with van der Waals surface area (Å²) in [6, 6.07) is 10.8. The first-order valence-electron chi connectivity index (χ1n) is 7.60. The third kappa shape index (κ3) is 3.24. The highest BCUT2D eigenvalue weighted by Crippen LogP contribution is 2.24. The number of halogens is 2. The van der Waals surface area contributed by atoms with Gasteiger partial charge in [0.25, 0.3) is 0 Å². The Hall–Kier alpha value is -2.27. The van der Waals surface area contributed by atoms with Crippen molar-refractivity contribution in [2.24, 2.45) is 0 Å². The summed E-state index contributed by atoms with van der Waals surface area (Å²) in [5.41, 5.74) is 1.82. The maximum absolute atomic E-state index is 13.8. The minimum absolute atomic E-state index is 0.131. The van der Waals surface area contributed by atoms with E-state index in [0.717, 1.165) is 5.56 Å². The summed E-state index contributed by atoms with van der Waals surface area (Å²) < 4.78 is 27.1. The molecular weight excluding hydrogens is 298 g/mol. The van der Waals surface area contributed by atoms with Crippen LogP contribution in [0.2, 0.25) is 0 Å².